The van der Waals surface area contributed by atoms with Gasteiger partial charge in [-0.1, -0.05) is 31.5 Å². The van der Waals surface area contributed by atoms with Crippen LogP contribution >= 0.6 is 11.6 Å². The average Bonchev–Trinajstić information content (AvgIpc) is 2.81. The van der Waals surface area contributed by atoms with E-state index in [0.717, 1.165) is 11.3 Å². The van der Waals surface area contributed by atoms with Gasteiger partial charge in [0.1, 0.15) is 5.92 Å². The molecule has 28 heavy (non-hydrogen) atoms. The van der Waals surface area contributed by atoms with Gasteiger partial charge in [0, 0.05) is 11.2 Å². The third-order valence-electron chi connectivity index (χ3n) is 6.44. The van der Waals surface area contributed by atoms with E-state index in [-0.39, 0.29) is 11.9 Å². The van der Waals surface area contributed by atoms with Gasteiger partial charge in [-0.15, -0.1) is 0 Å². The van der Waals surface area contributed by atoms with Crippen LogP contribution in [0, 0.1) is 11.8 Å². The number of carbonyl (C=O) groups excluding carboxylic acids is 1. The van der Waals surface area contributed by atoms with Crippen molar-refractivity contribution in [1.29, 1.82) is 0 Å². The SMILES string of the molecule is CCOC(=O)C1C=Nc2cc(Cl)ccc2C1(B1OC(C)(C)C(C)(C)O1)C(C)C. The molecular formula is C21H29BClNO4. The van der Waals surface area contributed by atoms with E-state index in [2.05, 4.69) is 18.8 Å². The smallest absolute Gasteiger partial charge is 0.465 e. The maximum Gasteiger partial charge on any atom is 0.470 e. The monoisotopic (exact) mass is 405 g/mol. The summed E-state index contributed by atoms with van der Waals surface area (Å²) in [5.41, 5.74) is 0.572. The van der Waals surface area contributed by atoms with E-state index in [1.54, 1.807) is 13.1 Å². The maximum atomic E-state index is 13.0. The van der Waals surface area contributed by atoms with Crippen LogP contribution < -0.4 is 0 Å². The van der Waals surface area contributed by atoms with Crippen LogP contribution in [0.3, 0.4) is 0 Å². The van der Waals surface area contributed by atoms with Crippen LogP contribution in [-0.4, -0.2) is 37.1 Å². The standard InChI is InChI=1S/C21H29BClNO4/c1-8-26-18(25)16-12-24-17-11-14(23)9-10-15(17)21(16,13(2)3)22-27-19(4,5)20(6,7)28-22/h9-13,16H,8H2,1-7H3. The van der Waals surface area contributed by atoms with Gasteiger partial charge in [0.05, 0.1) is 28.8 Å². The number of ether oxygens (including phenoxy) is 1. The van der Waals surface area contributed by atoms with Crippen LogP contribution in [0.2, 0.25) is 5.02 Å². The molecule has 2 aliphatic rings. The molecule has 1 aromatic carbocycles. The van der Waals surface area contributed by atoms with Gasteiger partial charge in [0.2, 0.25) is 0 Å². The summed E-state index contributed by atoms with van der Waals surface area (Å²) in [7, 11) is -0.640. The van der Waals surface area contributed by atoms with Gasteiger partial charge in [0.25, 0.3) is 0 Å². The molecule has 2 aliphatic heterocycles. The fourth-order valence-electron chi connectivity index (χ4n) is 4.17. The Labute approximate surface area is 172 Å². The zero-order chi connectivity index (χ0) is 20.9. The van der Waals surface area contributed by atoms with Crippen molar-refractivity contribution in [2.45, 2.75) is 65.0 Å². The molecule has 0 aliphatic carbocycles. The second kappa shape index (κ2) is 7.15. The van der Waals surface area contributed by atoms with Gasteiger partial charge in [0.15, 0.2) is 0 Å². The summed E-state index contributed by atoms with van der Waals surface area (Å²) in [5, 5.41) is -0.198. The molecule has 0 bridgehead atoms. The summed E-state index contributed by atoms with van der Waals surface area (Å²) in [6.07, 6.45) is 1.67. The first kappa shape index (κ1) is 21.3. The second-order valence-electron chi connectivity index (χ2n) is 8.85. The molecule has 2 unspecified atom stereocenters. The minimum atomic E-state index is -0.793. The van der Waals surface area contributed by atoms with Crippen molar-refractivity contribution in [1.82, 2.24) is 0 Å². The molecule has 1 fully saturated rings. The molecule has 1 aromatic rings. The molecular weight excluding hydrogens is 376 g/mol. The zero-order valence-electron chi connectivity index (χ0n) is 17.7. The van der Waals surface area contributed by atoms with Gasteiger partial charge in [-0.2, -0.15) is 0 Å². The Morgan fingerprint density at radius 3 is 2.39 bits per heavy atom. The third-order valence-corrected chi connectivity index (χ3v) is 6.68. The number of hydrogen-bond donors (Lipinski definition) is 0. The highest BCUT2D eigenvalue weighted by Gasteiger charge is 2.66. The normalized spacial score (nSPS) is 27.8. The summed E-state index contributed by atoms with van der Waals surface area (Å²) in [5.74, 6) is -0.950. The minimum absolute atomic E-state index is 0.00304. The van der Waals surface area contributed by atoms with E-state index in [0.29, 0.717) is 11.6 Å². The molecule has 2 heterocycles. The van der Waals surface area contributed by atoms with Crippen LogP contribution in [0.4, 0.5) is 5.69 Å². The fourth-order valence-corrected chi connectivity index (χ4v) is 4.33. The van der Waals surface area contributed by atoms with Crippen molar-refractivity contribution in [2.75, 3.05) is 6.61 Å². The van der Waals surface area contributed by atoms with Gasteiger partial charge >= 0.3 is 13.1 Å². The molecule has 2 atom stereocenters. The second-order valence-corrected chi connectivity index (χ2v) is 9.28. The average molecular weight is 406 g/mol. The van der Waals surface area contributed by atoms with Crippen molar-refractivity contribution in [3.05, 3.63) is 28.8 Å². The number of hydrogen-bond acceptors (Lipinski definition) is 5. The van der Waals surface area contributed by atoms with Crippen LogP contribution in [-0.2, 0) is 24.2 Å². The fraction of sp³-hybridized carbons (Fsp3) is 0.619. The highest BCUT2D eigenvalue weighted by atomic mass is 35.5. The number of esters is 1. The Morgan fingerprint density at radius 2 is 1.86 bits per heavy atom. The number of nitrogens with zero attached hydrogens (tertiary/aromatic N) is 1. The molecule has 1 saturated heterocycles. The highest BCUT2D eigenvalue weighted by Crippen LogP contribution is 2.53. The van der Waals surface area contributed by atoms with Crippen molar-refractivity contribution in [3.63, 3.8) is 0 Å². The molecule has 5 nitrogen and oxygen atoms in total. The molecule has 152 valence electrons. The number of aliphatic imine (C=N–C) groups is 1. The first-order valence-corrected chi connectivity index (χ1v) is 10.2. The van der Waals surface area contributed by atoms with Crippen molar-refractivity contribution in [2.24, 2.45) is 16.8 Å². The number of carbonyl (C=O) groups is 1. The van der Waals surface area contributed by atoms with Gasteiger partial charge in [-0.05, 0) is 58.2 Å². The minimum Gasteiger partial charge on any atom is -0.465 e. The van der Waals surface area contributed by atoms with Gasteiger partial charge in [-0.3, -0.25) is 9.79 Å². The topological polar surface area (TPSA) is 57.1 Å². The lowest BCUT2D eigenvalue weighted by molar-refractivity contribution is -0.147. The van der Waals surface area contributed by atoms with Gasteiger partial charge in [-0.25, -0.2) is 0 Å². The van der Waals surface area contributed by atoms with Crippen LogP contribution in [0.25, 0.3) is 0 Å². The third kappa shape index (κ3) is 3.10. The lowest BCUT2D eigenvalue weighted by Crippen LogP contribution is -2.58. The largest absolute Gasteiger partial charge is 0.470 e. The van der Waals surface area contributed by atoms with E-state index in [1.807, 2.05) is 45.9 Å². The van der Waals surface area contributed by atoms with Crippen molar-refractivity contribution >= 4 is 36.6 Å². The zero-order valence-corrected chi connectivity index (χ0v) is 18.5. The molecule has 0 spiro atoms. The summed E-state index contributed by atoms with van der Waals surface area (Å²) in [4.78, 5) is 17.6. The number of benzene rings is 1. The summed E-state index contributed by atoms with van der Waals surface area (Å²) in [6, 6.07) is 5.58. The van der Waals surface area contributed by atoms with E-state index in [9.17, 15) is 4.79 Å². The first-order chi connectivity index (χ1) is 13.0. The quantitative estimate of drug-likeness (QED) is 0.535. The summed E-state index contributed by atoms with van der Waals surface area (Å²) in [6.45, 7) is 14.3. The Morgan fingerprint density at radius 1 is 1.25 bits per heavy atom. The predicted octanol–water partition coefficient (Wildman–Crippen LogP) is 4.76. The van der Waals surface area contributed by atoms with E-state index in [1.165, 1.54) is 0 Å². The molecule has 3 rings (SSSR count). The van der Waals surface area contributed by atoms with Crippen molar-refractivity contribution < 1.29 is 18.8 Å². The predicted molar refractivity (Wildman–Crippen MR) is 112 cm³/mol. The van der Waals surface area contributed by atoms with Gasteiger partial charge < -0.3 is 14.0 Å². The highest BCUT2D eigenvalue weighted by molar-refractivity contribution is 6.51. The molecule has 0 aromatic heterocycles. The summed E-state index contributed by atoms with van der Waals surface area (Å²) < 4.78 is 18.4. The Bertz CT molecular complexity index is 792. The van der Waals surface area contributed by atoms with E-state index >= 15 is 0 Å². The molecule has 0 N–H and O–H groups in total. The van der Waals surface area contributed by atoms with Crippen LogP contribution in [0.5, 0.6) is 0 Å². The first-order valence-electron chi connectivity index (χ1n) is 9.84. The lowest BCUT2D eigenvalue weighted by Gasteiger charge is -2.45. The Kier molecular flexibility index (Phi) is 5.45. The Hall–Kier alpha value is -1.37. The summed E-state index contributed by atoms with van der Waals surface area (Å²) >= 11 is 6.22. The van der Waals surface area contributed by atoms with Crippen LogP contribution in [0.1, 0.15) is 54.0 Å². The molecule has 0 amide bonds. The lowest BCUT2D eigenvalue weighted by atomic mass is 9.43. The number of rotatable bonds is 4. The van der Waals surface area contributed by atoms with E-state index < -0.39 is 29.6 Å². The van der Waals surface area contributed by atoms with Crippen LogP contribution in [0.15, 0.2) is 23.2 Å². The molecule has 7 heteroatoms. The molecule has 0 radical (unpaired) electrons. The van der Waals surface area contributed by atoms with E-state index in [4.69, 9.17) is 25.6 Å². The number of halogens is 1. The molecule has 0 saturated carbocycles. The van der Waals surface area contributed by atoms with Crippen molar-refractivity contribution in [3.8, 4) is 0 Å². The Balaban J connectivity index is 2.24. The maximum absolute atomic E-state index is 13.0. The number of fused-ring (bicyclic) bond motifs is 1.